The summed E-state index contributed by atoms with van der Waals surface area (Å²) in [7, 11) is 1.44. The van der Waals surface area contributed by atoms with Gasteiger partial charge < -0.3 is 19.4 Å². The minimum atomic E-state index is -4.46. The number of hydrogen-bond acceptors (Lipinski definition) is 6. The molecular formula is C62H108N2O7P+. The van der Waals surface area contributed by atoms with Crippen molar-refractivity contribution in [2.24, 2.45) is 0 Å². The summed E-state index contributed by atoms with van der Waals surface area (Å²) in [4.78, 5) is 37.6. The molecule has 0 heterocycles. The monoisotopic (exact) mass is 1020 g/mol. The number of nitrogens with one attached hydrogen (secondary N) is 1. The first kappa shape index (κ1) is 68.7. The minimum absolute atomic E-state index is 0.0245. The van der Waals surface area contributed by atoms with Gasteiger partial charge in [0, 0.05) is 12.8 Å². The van der Waals surface area contributed by atoms with Gasteiger partial charge in [0.2, 0.25) is 5.91 Å². The summed E-state index contributed by atoms with van der Waals surface area (Å²) in [6.45, 7) is 6.72. The van der Waals surface area contributed by atoms with Crippen LogP contribution < -0.4 is 5.32 Å². The summed E-state index contributed by atoms with van der Waals surface area (Å²) in [6, 6.07) is -0.880. The van der Waals surface area contributed by atoms with Crippen molar-refractivity contribution < 1.29 is 37.3 Å². The fraction of sp³-hybridized carbons (Fsp3) is 0.677. The van der Waals surface area contributed by atoms with E-state index in [1.165, 1.54) is 64.2 Å². The number of unbranched alkanes of at least 4 members (excludes halogenated alkanes) is 18. The van der Waals surface area contributed by atoms with E-state index in [2.05, 4.69) is 123 Å². The number of likely N-dealkylation sites (N-methyl/N-ethyl adjacent to an activating group) is 1. The van der Waals surface area contributed by atoms with Crippen molar-refractivity contribution in [2.75, 3.05) is 40.9 Å². The van der Waals surface area contributed by atoms with Gasteiger partial charge in [0.15, 0.2) is 0 Å². The fourth-order valence-electron chi connectivity index (χ4n) is 7.57. The summed E-state index contributed by atoms with van der Waals surface area (Å²) >= 11 is 0. The number of carbonyl (C=O) groups excluding carboxylic acids is 2. The Balaban J connectivity index is 5.39. The molecule has 2 N–H and O–H groups in total. The lowest BCUT2D eigenvalue weighted by Gasteiger charge is -2.27. The van der Waals surface area contributed by atoms with Crippen molar-refractivity contribution in [3.8, 4) is 0 Å². The maximum absolute atomic E-state index is 13.5. The highest BCUT2D eigenvalue weighted by Gasteiger charge is 2.30. The lowest BCUT2D eigenvalue weighted by atomic mass is 10.1. The van der Waals surface area contributed by atoms with Gasteiger partial charge in [-0.2, -0.15) is 0 Å². The van der Waals surface area contributed by atoms with Crippen LogP contribution in [0.25, 0.3) is 0 Å². The Kier molecular flexibility index (Phi) is 48.8. The number of hydrogen-bond donors (Lipinski definition) is 2. The van der Waals surface area contributed by atoms with Gasteiger partial charge in [0.05, 0.1) is 33.8 Å². The van der Waals surface area contributed by atoms with Gasteiger partial charge in [-0.1, -0.05) is 208 Å². The Morgan fingerprint density at radius 3 is 1.35 bits per heavy atom. The predicted molar refractivity (Wildman–Crippen MR) is 309 cm³/mol. The highest BCUT2D eigenvalue weighted by molar-refractivity contribution is 7.47. The van der Waals surface area contributed by atoms with Gasteiger partial charge >= 0.3 is 13.8 Å². The summed E-state index contributed by atoms with van der Waals surface area (Å²) in [5.74, 6) is -0.575. The van der Waals surface area contributed by atoms with E-state index >= 15 is 0 Å². The lowest BCUT2D eigenvalue weighted by Crippen LogP contribution is -2.47. The Labute approximate surface area is 442 Å². The van der Waals surface area contributed by atoms with Gasteiger partial charge in [-0.05, 0) is 109 Å². The number of amides is 1. The lowest BCUT2D eigenvalue weighted by molar-refractivity contribution is -0.870. The second kappa shape index (κ2) is 51.2. The third-order valence-corrected chi connectivity index (χ3v) is 12.9. The van der Waals surface area contributed by atoms with E-state index < -0.39 is 20.0 Å². The van der Waals surface area contributed by atoms with Crippen molar-refractivity contribution in [1.29, 1.82) is 0 Å². The molecule has 412 valence electrons. The van der Waals surface area contributed by atoms with Gasteiger partial charge in [0.1, 0.15) is 19.3 Å². The fourth-order valence-corrected chi connectivity index (χ4v) is 8.30. The van der Waals surface area contributed by atoms with E-state index in [4.69, 9.17) is 13.8 Å². The van der Waals surface area contributed by atoms with Crippen LogP contribution >= 0.6 is 7.82 Å². The average molecular weight is 1020 g/mol. The van der Waals surface area contributed by atoms with E-state index in [9.17, 15) is 19.0 Å². The number of phosphoric ester groups is 1. The van der Waals surface area contributed by atoms with Crippen LogP contribution in [0.3, 0.4) is 0 Å². The number of carbonyl (C=O) groups is 2. The van der Waals surface area contributed by atoms with Crippen LogP contribution in [-0.4, -0.2) is 74.3 Å². The standard InChI is InChI=1S/C62H107N2O7P/c1-7-10-13-16-19-22-25-27-29-30-31-32-33-34-35-36-39-42-45-48-51-54-61(65)63-59(58-70-72(67,68)69-57-56-64(4,5)6)60(53-50-47-44-41-38-24-21-18-15-12-9-3)71-62(66)55-52-49-46-43-40-37-28-26-23-20-17-14-11-8-2/h10-11,13-14,19-20,22-23,27,29,31-32,34-35,39,42,50,53,59-60H,7-9,12,15-18,21,24-26,28,30,33,36-38,40-41,43-49,51-52,54-58H2,1-6H3,(H-,63,65,67,68)/p+1/b13-10-,14-11+,22-19-,23-20+,29-27-,32-31-,35-34-,42-39-,53-50-. The van der Waals surface area contributed by atoms with E-state index in [1.807, 2.05) is 33.3 Å². The van der Waals surface area contributed by atoms with Crippen LogP contribution in [0.4, 0.5) is 0 Å². The van der Waals surface area contributed by atoms with Crippen LogP contribution in [0, 0.1) is 0 Å². The van der Waals surface area contributed by atoms with Gasteiger partial charge in [0.25, 0.3) is 0 Å². The molecule has 0 spiro atoms. The second-order valence-electron chi connectivity index (χ2n) is 20.0. The van der Waals surface area contributed by atoms with E-state index in [0.29, 0.717) is 17.4 Å². The SMILES string of the molecule is CC/C=C\C/C=C\C/C=C\C/C=C\C/C=C\C/C=C\CCCCC(=O)NC(COP(=O)(O)OCC[N+](C)(C)C)C(/C=C\CCCCCCCCCCC)OC(=O)CCCCCCCCC/C=C/C/C=C/CC. The molecule has 72 heavy (non-hydrogen) atoms. The molecule has 1 amide bonds. The molecule has 3 atom stereocenters. The predicted octanol–water partition coefficient (Wildman–Crippen LogP) is 17.4. The van der Waals surface area contributed by atoms with Gasteiger partial charge in [-0.3, -0.25) is 18.6 Å². The molecular weight excluding hydrogens is 916 g/mol. The van der Waals surface area contributed by atoms with E-state index in [0.717, 1.165) is 116 Å². The zero-order valence-electron chi connectivity index (χ0n) is 46.9. The number of phosphoric acid groups is 1. The quantitative estimate of drug-likeness (QED) is 0.0205. The average Bonchev–Trinajstić information content (AvgIpc) is 3.34. The third kappa shape index (κ3) is 51.6. The molecule has 0 saturated carbocycles. The number of esters is 1. The van der Waals surface area contributed by atoms with Crippen LogP contribution in [-0.2, 0) is 27.9 Å². The molecule has 3 unspecified atom stereocenters. The maximum atomic E-state index is 13.5. The molecule has 0 aliphatic rings. The third-order valence-electron chi connectivity index (χ3n) is 12.0. The molecule has 0 aliphatic heterocycles. The number of ether oxygens (including phenoxy) is 1. The Morgan fingerprint density at radius 2 is 0.889 bits per heavy atom. The largest absolute Gasteiger partial charge is 0.472 e. The molecule has 10 heteroatoms. The molecule has 0 rings (SSSR count). The van der Waals surface area contributed by atoms with Crippen LogP contribution in [0.15, 0.2) is 109 Å². The molecule has 0 radical (unpaired) electrons. The van der Waals surface area contributed by atoms with Crippen molar-refractivity contribution in [1.82, 2.24) is 5.32 Å². The molecule has 0 aromatic rings. The summed E-state index contributed by atoms with van der Waals surface area (Å²) in [6.07, 6.45) is 69.5. The number of rotatable bonds is 50. The zero-order chi connectivity index (χ0) is 52.9. The van der Waals surface area contributed by atoms with Gasteiger partial charge in [-0.15, -0.1) is 0 Å². The second-order valence-corrected chi connectivity index (χ2v) is 21.5. The summed E-state index contributed by atoms with van der Waals surface area (Å²) in [5.41, 5.74) is 0. The molecule has 0 bridgehead atoms. The molecule has 0 saturated heterocycles. The summed E-state index contributed by atoms with van der Waals surface area (Å²) in [5, 5.41) is 3.02. The zero-order valence-corrected chi connectivity index (χ0v) is 47.8. The minimum Gasteiger partial charge on any atom is -0.456 e. The number of nitrogens with zero attached hydrogens (tertiary/aromatic N) is 1. The van der Waals surface area contributed by atoms with Gasteiger partial charge in [-0.25, -0.2) is 4.57 Å². The van der Waals surface area contributed by atoms with E-state index in [1.54, 1.807) is 0 Å². The van der Waals surface area contributed by atoms with Crippen molar-refractivity contribution in [3.63, 3.8) is 0 Å². The van der Waals surface area contributed by atoms with Crippen LogP contribution in [0.5, 0.6) is 0 Å². The first-order valence-electron chi connectivity index (χ1n) is 28.7. The first-order valence-corrected chi connectivity index (χ1v) is 30.2. The molecule has 0 aliphatic carbocycles. The summed E-state index contributed by atoms with van der Waals surface area (Å²) < 4.78 is 30.6. The Bertz CT molecular complexity index is 1600. The molecule has 0 aromatic heterocycles. The van der Waals surface area contributed by atoms with Crippen LogP contribution in [0.2, 0.25) is 0 Å². The smallest absolute Gasteiger partial charge is 0.456 e. The van der Waals surface area contributed by atoms with E-state index in [-0.39, 0.29) is 37.9 Å². The van der Waals surface area contributed by atoms with Crippen molar-refractivity contribution in [3.05, 3.63) is 109 Å². The Morgan fingerprint density at radius 1 is 0.500 bits per heavy atom. The number of allylic oxidation sites excluding steroid dienone is 17. The topological polar surface area (TPSA) is 111 Å². The van der Waals surface area contributed by atoms with Crippen molar-refractivity contribution in [2.45, 2.75) is 232 Å². The molecule has 9 nitrogen and oxygen atoms in total. The molecule has 0 fully saturated rings. The highest BCUT2D eigenvalue weighted by atomic mass is 31.2. The first-order chi connectivity index (χ1) is 34.9. The highest BCUT2D eigenvalue weighted by Crippen LogP contribution is 2.43. The Hall–Kier alpha value is -3.33. The van der Waals surface area contributed by atoms with Crippen LogP contribution in [0.1, 0.15) is 220 Å². The molecule has 0 aromatic carbocycles. The maximum Gasteiger partial charge on any atom is 0.472 e. The number of quaternary nitrogens is 1. The normalized spacial score (nSPS) is 14.6. The van der Waals surface area contributed by atoms with Crippen molar-refractivity contribution >= 4 is 19.7 Å².